The van der Waals surface area contributed by atoms with E-state index in [-0.39, 0.29) is 11.9 Å². The molecule has 0 aliphatic rings. The van der Waals surface area contributed by atoms with Gasteiger partial charge in [-0.05, 0) is 55.3 Å². The number of carbonyl (C=O) groups is 1. The molecule has 1 atom stereocenters. The van der Waals surface area contributed by atoms with E-state index in [9.17, 15) is 4.79 Å². The van der Waals surface area contributed by atoms with Crippen LogP contribution in [0.3, 0.4) is 0 Å². The number of nitrogens with zero attached hydrogens (tertiary/aromatic N) is 3. The van der Waals surface area contributed by atoms with Gasteiger partial charge in [0.15, 0.2) is 0 Å². The van der Waals surface area contributed by atoms with Gasteiger partial charge in [-0.1, -0.05) is 5.16 Å². The molecule has 8 heteroatoms. The summed E-state index contributed by atoms with van der Waals surface area (Å²) in [7, 11) is 0. The minimum Gasteiger partial charge on any atom is -0.360 e. The summed E-state index contributed by atoms with van der Waals surface area (Å²) in [6, 6.07) is 5.51. The fourth-order valence-corrected chi connectivity index (χ4v) is 4.72. The molecule has 0 saturated carbocycles. The van der Waals surface area contributed by atoms with E-state index in [4.69, 9.17) is 4.52 Å². The Balaban J connectivity index is 1.66. The summed E-state index contributed by atoms with van der Waals surface area (Å²) in [6.07, 6.45) is 4.03. The predicted molar refractivity (Wildman–Crippen MR) is 114 cm³/mol. The first-order valence-corrected chi connectivity index (χ1v) is 10.9. The number of amides is 1. The predicted octanol–water partition coefficient (Wildman–Crippen LogP) is 4.89. The van der Waals surface area contributed by atoms with Gasteiger partial charge in [-0.15, -0.1) is 11.3 Å². The third-order valence-corrected chi connectivity index (χ3v) is 6.61. The van der Waals surface area contributed by atoms with Crippen LogP contribution in [0.15, 0.2) is 45.9 Å². The van der Waals surface area contributed by atoms with E-state index in [1.165, 1.54) is 5.56 Å². The molecule has 0 aromatic carbocycles. The van der Waals surface area contributed by atoms with E-state index in [2.05, 4.69) is 31.9 Å². The lowest BCUT2D eigenvalue weighted by atomic mass is 10.1. The first-order valence-electron chi connectivity index (χ1n) is 9.15. The number of aromatic nitrogens is 3. The maximum absolute atomic E-state index is 13.3. The summed E-state index contributed by atoms with van der Waals surface area (Å²) in [6.45, 7) is 5.78. The van der Waals surface area contributed by atoms with Crippen molar-refractivity contribution in [2.45, 2.75) is 33.2 Å². The topological polar surface area (TPSA) is 80.9 Å². The summed E-state index contributed by atoms with van der Waals surface area (Å²) in [5, 5.41) is 12.3. The lowest BCUT2D eigenvalue weighted by Gasteiger charge is -2.16. The maximum atomic E-state index is 13.3. The van der Waals surface area contributed by atoms with Crippen molar-refractivity contribution < 1.29 is 9.32 Å². The third-order valence-electron chi connectivity index (χ3n) is 4.69. The number of rotatable bonds is 6. The van der Waals surface area contributed by atoms with Crippen LogP contribution in [0, 0.1) is 20.8 Å². The van der Waals surface area contributed by atoms with Crippen molar-refractivity contribution in [1.82, 2.24) is 20.4 Å². The number of hydrogen-bond donors (Lipinski definition) is 1. The van der Waals surface area contributed by atoms with Crippen molar-refractivity contribution >= 4 is 28.6 Å². The number of thiazole rings is 1. The minimum absolute atomic E-state index is 0.228. The Morgan fingerprint density at radius 2 is 2.14 bits per heavy atom. The van der Waals surface area contributed by atoms with Gasteiger partial charge < -0.3 is 9.84 Å². The van der Waals surface area contributed by atoms with Crippen LogP contribution in [0.25, 0.3) is 11.3 Å². The Labute approximate surface area is 176 Å². The van der Waals surface area contributed by atoms with Crippen molar-refractivity contribution in [1.29, 1.82) is 0 Å². The summed E-state index contributed by atoms with van der Waals surface area (Å²) in [5.74, 6) is 0.246. The summed E-state index contributed by atoms with van der Waals surface area (Å²) in [4.78, 5) is 23.2. The first kappa shape index (κ1) is 19.5. The minimum atomic E-state index is -0.231. The molecule has 1 unspecified atom stereocenters. The van der Waals surface area contributed by atoms with Gasteiger partial charge in [0.25, 0.3) is 5.91 Å². The van der Waals surface area contributed by atoms with Crippen LogP contribution in [0.1, 0.15) is 43.3 Å². The zero-order valence-corrected chi connectivity index (χ0v) is 17.9. The van der Waals surface area contributed by atoms with E-state index in [0.717, 1.165) is 21.1 Å². The van der Waals surface area contributed by atoms with Crippen LogP contribution in [-0.2, 0) is 6.42 Å². The number of pyridine rings is 1. The summed E-state index contributed by atoms with van der Waals surface area (Å²) in [5.41, 5.74) is 3.82. The van der Waals surface area contributed by atoms with Gasteiger partial charge in [-0.2, -0.15) is 11.3 Å². The second-order valence-corrected chi connectivity index (χ2v) is 8.77. The van der Waals surface area contributed by atoms with Crippen LogP contribution in [0.2, 0.25) is 0 Å². The molecular formula is C21H20N4O2S2. The van der Waals surface area contributed by atoms with Gasteiger partial charge in [0.2, 0.25) is 0 Å². The Bertz CT molecular complexity index is 1100. The highest BCUT2D eigenvalue weighted by atomic mass is 32.1. The molecule has 1 N–H and O–H groups in total. The van der Waals surface area contributed by atoms with Crippen molar-refractivity contribution in [3.05, 3.63) is 73.8 Å². The van der Waals surface area contributed by atoms with Crippen LogP contribution in [-0.4, -0.2) is 21.0 Å². The number of nitrogens with one attached hydrogen (secondary N) is 1. The molecule has 4 aromatic rings. The van der Waals surface area contributed by atoms with E-state index in [1.807, 2.05) is 31.4 Å². The fraction of sp³-hybridized carbons (Fsp3) is 0.238. The highest BCUT2D eigenvalue weighted by Gasteiger charge is 2.26. The largest absolute Gasteiger partial charge is 0.360 e. The van der Waals surface area contributed by atoms with Crippen molar-refractivity contribution in [2.24, 2.45) is 0 Å². The van der Waals surface area contributed by atoms with Crippen molar-refractivity contribution in [3.8, 4) is 11.3 Å². The smallest absolute Gasteiger partial charge is 0.257 e. The first-order chi connectivity index (χ1) is 14.0. The molecule has 0 aliphatic carbocycles. The van der Waals surface area contributed by atoms with Gasteiger partial charge in [0, 0.05) is 29.3 Å². The van der Waals surface area contributed by atoms with E-state index >= 15 is 0 Å². The Kier molecular flexibility index (Phi) is 5.55. The van der Waals surface area contributed by atoms with Gasteiger partial charge >= 0.3 is 0 Å². The molecule has 4 aromatic heterocycles. The highest BCUT2D eigenvalue weighted by molar-refractivity contribution is 7.11. The number of aryl methyl sites for hydroxylation is 3. The second kappa shape index (κ2) is 8.26. The van der Waals surface area contributed by atoms with Crippen molar-refractivity contribution in [2.75, 3.05) is 0 Å². The molecule has 1 amide bonds. The summed E-state index contributed by atoms with van der Waals surface area (Å²) < 4.78 is 5.34. The molecule has 0 radical (unpaired) electrons. The normalized spacial score (nSPS) is 12.1. The van der Waals surface area contributed by atoms with Crippen molar-refractivity contribution in [3.63, 3.8) is 0 Å². The molecule has 0 aliphatic heterocycles. The molecule has 29 heavy (non-hydrogen) atoms. The molecular weight excluding hydrogens is 404 g/mol. The molecule has 6 nitrogen and oxygen atoms in total. The number of thiophene rings is 1. The van der Waals surface area contributed by atoms with Gasteiger partial charge in [-0.25, -0.2) is 4.98 Å². The van der Waals surface area contributed by atoms with E-state index < -0.39 is 0 Å². The molecule has 4 rings (SSSR count). The third kappa shape index (κ3) is 4.13. The highest BCUT2D eigenvalue weighted by Crippen LogP contribution is 2.29. The molecule has 148 valence electrons. The molecule has 4 heterocycles. The fourth-order valence-electron chi connectivity index (χ4n) is 3.06. The SMILES string of the molecule is Cc1nc(C(Cc2ccsc2)NC(=O)c2c(-c3cccnc3)noc2C)sc1C. The van der Waals surface area contributed by atoms with Gasteiger partial charge in [0.1, 0.15) is 22.0 Å². The average Bonchev–Trinajstić information content (AvgIpc) is 3.43. The average molecular weight is 425 g/mol. The quantitative estimate of drug-likeness (QED) is 0.476. The zero-order chi connectivity index (χ0) is 20.4. The Morgan fingerprint density at radius 1 is 1.28 bits per heavy atom. The lowest BCUT2D eigenvalue weighted by Crippen LogP contribution is -2.30. The van der Waals surface area contributed by atoms with Crippen LogP contribution in [0.4, 0.5) is 0 Å². The Hall–Kier alpha value is -2.84. The zero-order valence-electron chi connectivity index (χ0n) is 16.3. The van der Waals surface area contributed by atoms with E-state index in [1.54, 1.807) is 42.0 Å². The Morgan fingerprint density at radius 3 is 2.79 bits per heavy atom. The lowest BCUT2D eigenvalue weighted by molar-refractivity contribution is 0.0935. The van der Waals surface area contributed by atoms with E-state index in [0.29, 0.717) is 23.4 Å². The summed E-state index contributed by atoms with van der Waals surface area (Å²) >= 11 is 3.26. The van der Waals surface area contributed by atoms with Crippen LogP contribution in [0.5, 0.6) is 0 Å². The number of hydrogen-bond acceptors (Lipinski definition) is 7. The molecule has 0 fully saturated rings. The second-order valence-electron chi connectivity index (χ2n) is 6.76. The van der Waals surface area contributed by atoms with Crippen LogP contribution < -0.4 is 5.32 Å². The molecule has 0 saturated heterocycles. The standard InChI is InChI=1S/C21H20N4O2S2/c1-12-14(3)29-21(23-12)17(9-15-6-8-28-11-15)24-20(26)18-13(2)27-25-19(18)16-5-4-7-22-10-16/h4-8,10-11,17H,9H2,1-3H3,(H,24,26). The number of carbonyl (C=O) groups excluding carboxylic acids is 1. The van der Waals surface area contributed by atoms with Crippen LogP contribution >= 0.6 is 22.7 Å². The monoisotopic (exact) mass is 424 g/mol. The molecule has 0 bridgehead atoms. The molecule has 0 spiro atoms. The van der Waals surface area contributed by atoms with Gasteiger partial charge in [-0.3, -0.25) is 9.78 Å². The maximum Gasteiger partial charge on any atom is 0.257 e. The van der Waals surface area contributed by atoms with Gasteiger partial charge in [0.05, 0.1) is 11.7 Å².